The van der Waals surface area contributed by atoms with Crippen molar-refractivity contribution in [1.82, 2.24) is 34.8 Å². The number of nitrogens with one attached hydrogen (secondary N) is 2. The van der Waals surface area contributed by atoms with Crippen LogP contribution in [0.2, 0.25) is 0 Å². The molecule has 0 radical (unpaired) electrons. The predicted octanol–water partition coefficient (Wildman–Crippen LogP) is 3.00. The molecule has 32 heavy (non-hydrogen) atoms. The third-order valence-electron chi connectivity index (χ3n) is 5.81. The fourth-order valence-electron chi connectivity index (χ4n) is 4.31. The Balaban J connectivity index is 0.000000775. The molecule has 0 saturated carbocycles. The van der Waals surface area contributed by atoms with Crippen LogP contribution in [0.3, 0.4) is 0 Å². The van der Waals surface area contributed by atoms with Gasteiger partial charge in [0, 0.05) is 55.5 Å². The van der Waals surface area contributed by atoms with Gasteiger partial charge in [-0.3, -0.25) is 19.5 Å². The minimum absolute atomic E-state index is 0.217. The summed E-state index contributed by atoms with van der Waals surface area (Å²) in [6, 6.07) is 6.55. The third-order valence-corrected chi connectivity index (χ3v) is 5.81. The molecular weight excluding hydrogens is 406 g/mol. The van der Waals surface area contributed by atoms with Crippen LogP contribution in [0.5, 0.6) is 0 Å². The fraction of sp³-hybridized carbons (Fsp3) is 0.304. The minimum atomic E-state index is -0.250. The highest BCUT2D eigenvalue weighted by Gasteiger charge is 2.30. The summed E-state index contributed by atoms with van der Waals surface area (Å²) in [5.41, 5.74) is 9.57. The van der Waals surface area contributed by atoms with Crippen LogP contribution in [0.25, 0.3) is 11.3 Å². The maximum Gasteiger partial charge on any atom is 0.290 e. The number of rotatable bonds is 4. The first-order valence-electron chi connectivity index (χ1n) is 10.4. The van der Waals surface area contributed by atoms with Crippen LogP contribution < -0.4 is 0 Å². The molecule has 9 heteroatoms. The van der Waals surface area contributed by atoms with E-state index in [4.69, 9.17) is 9.90 Å². The van der Waals surface area contributed by atoms with Crippen molar-refractivity contribution in [1.29, 1.82) is 0 Å². The van der Waals surface area contributed by atoms with Crippen molar-refractivity contribution in [2.45, 2.75) is 32.9 Å². The van der Waals surface area contributed by atoms with E-state index in [0.717, 1.165) is 31.0 Å². The Morgan fingerprint density at radius 1 is 1.28 bits per heavy atom. The van der Waals surface area contributed by atoms with Gasteiger partial charge in [0.1, 0.15) is 0 Å². The van der Waals surface area contributed by atoms with E-state index in [9.17, 15) is 0 Å². The number of carbonyl (C=O) groups is 1. The van der Waals surface area contributed by atoms with Gasteiger partial charge in [-0.1, -0.05) is 17.7 Å². The predicted molar refractivity (Wildman–Crippen MR) is 120 cm³/mol. The van der Waals surface area contributed by atoms with E-state index in [0.29, 0.717) is 0 Å². The number of carboxylic acid groups (broad SMARTS) is 1. The zero-order chi connectivity index (χ0) is 22.7. The molecule has 3 N–H and O–H groups in total. The lowest BCUT2D eigenvalue weighted by Crippen LogP contribution is -2.33. The number of aromatic nitrogens is 6. The van der Waals surface area contributed by atoms with E-state index < -0.39 is 0 Å². The standard InChI is InChI=1S/C22H25N7.CH2O2/c1-14-4-5-15(2)18(6-14)21-17(7-25-27-21)10-29-11-19(16-8-26-28(3)9-16)22-20(12-29)23-13-24-22;2-1-3/h4-9,13,19H,10-12H2,1-3H3,(H,23,24)(H,25,27);1H,(H,2,3). The zero-order valence-corrected chi connectivity index (χ0v) is 18.4. The molecule has 1 unspecified atom stereocenters. The monoisotopic (exact) mass is 433 g/mol. The highest BCUT2D eigenvalue weighted by atomic mass is 16.3. The minimum Gasteiger partial charge on any atom is -0.483 e. The second-order valence-corrected chi connectivity index (χ2v) is 8.13. The van der Waals surface area contributed by atoms with E-state index in [1.807, 2.05) is 24.1 Å². The molecule has 4 heterocycles. The van der Waals surface area contributed by atoms with Gasteiger partial charge in [-0.25, -0.2) is 4.98 Å². The third kappa shape index (κ3) is 4.33. The molecule has 1 aliphatic heterocycles. The summed E-state index contributed by atoms with van der Waals surface area (Å²) < 4.78 is 1.86. The van der Waals surface area contributed by atoms with E-state index in [1.54, 1.807) is 6.33 Å². The SMILES string of the molecule is Cc1ccc(C)c(-c2[nH]ncc2CN2Cc3[nH]cnc3C(c3cnn(C)c3)C2)c1.O=CO. The van der Waals surface area contributed by atoms with Gasteiger partial charge < -0.3 is 10.1 Å². The van der Waals surface area contributed by atoms with E-state index >= 15 is 0 Å². The van der Waals surface area contributed by atoms with Crippen LogP contribution in [0, 0.1) is 13.8 Å². The van der Waals surface area contributed by atoms with E-state index in [2.05, 4.69) is 68.4 Å². The average Bonchev–Trinajstić information content (AvgIpc) is 3.51. The number of nitrogens with zero attached hydrogens (tertiary/aromatic N) is 5. The van der Waals surface area contributed by atoms with Crippen molar-refractivity contribution in [2.24, 2.45) is 7.05 Å². The van der Waals surface area contributed by atoms with Gasteiger partial charge in [-0.05, 0) is 25.5 Å². The van der Waals surface area contributed by atoms with Gasteiger partial charge in [-0.15, -0.1) is 0 Å². The first-order chi connectivity index (χ1) is 15.5. The normalized spacial score (nSPS) is 15.7. The number of aryl methyl sites for hydroxylation is 3. The molecule has 166 valence electrons. The summed E-state index contributed by atoms with van der Waals surface area (Å²) in [5, 5.41) is 18.9. The lowest BCUT2D eigenvalue weighted by molar-refractivity contribution is -0.122. The molecule has 0 bridgehead atoms. The molecule has 0 amide bonds. The van der Waals surface area contributed by atoms with Crippen molar-refractivity contribution in [3.8, 4) is 11.3 Å². The maximum absolute atomic E-state index is 8.36. The number of imidazole rings is 1. The second-order valence-electron chi connectivity index (χ2n) is 8.13. The number of H-pyrrole nitrogens is 2. The molecule has 1 aliphatic rings. The number of benzene rings is 1. The number of fused-ring (bicyclic) bond motifs is 1. The number of aromatic amines is 2. The van der Waals surface area contributed by atoms with Crippen LogP contribution >= 0.6 is 0 Å². The summed E-state index contributed by atoms with van der Waals surface area (Å²) in [5.74, 6) is 0.217. The van der Waals surface area contributed by atoms with Crippen molar-refractivity contribution in [3.05, 3.63) is 76.8 Å². The van der Waals surface area contributed by atoms with Crippen molar-refractivity contribution < 1.29 is 9.90 Å². The summed E-state index contributed by atoms with van der Waals surface area (Å²) >= 11 is 0. The highest BCUT2D eigenvalue weighted by molar-refractivity contribution is 5.67. The van der Waals surface area contributed by atoms with Crippen LogP contribution in [-0.2, 0) is 24.9 Å². The van der Waals surface area contributed by atoms with Crippen LogP contribution in [0.4, 0.5) is 0 Å². The quantitative estimate of drug-likeness (QED) is 0.426. The van der Waals surface area contributed by atoms with Gasteiger partial charge in [0.05, 0.1) is 35.8 Å². The van der Waals surface area contributed by atoms with Gasteiger partial charge in [0.15, 0.2) is 0 Å². The second kappa shape index (κ2) is 9.19. The Morgan fingerprint density at radius 3 is 2.84 bits per heavy atom. The van der Waals surface area contributed by atoms with Gasteiger partial charge in [0.2, 0.25) is 0 Å². The van der Waals surface area contributed by atoms with E-state index in [1.165, 1.54) is 33.5 Å². The van der Waals surface area contributed by atoms with Gasteiger partial charge in [0.25, 0.3) is 6.47 Å². The number of hydrogen-bond donors (Lipinski definition) is 3. The summed E-state index contributed by atoms with van der Waals surface area (Å²) in [6.45, 7) is 6.61. The topological polar surface area (TPSA) is 116 Å². The van der Waals surface area contributed by atoms with Crippen molar-refractivity contribution in [2.75, 3.05) is 6.54 Å². The van der Waals surface area contributed by atoms with Crippen molar-refractivity contribution in [3.63, 3.8) is 0 Å². The lowest BCUT2D eigenvalue weighted by Gasteiger charge is -2.31. The molecule has 0 spiro atoms. The van der Waals surface area contributed by atoms with Gasteiger partial charge in [-0.2, -0.15) is 10.2 Å². The molecule has 5 rings (SSSR count). The molecule has 9 nitrogen and oxygen atoms in total. The number of hydrogen-bond acceptors (Lipinski definition) is 5. The molecule has 0 fully saturated rings. The van der Waals surface area contributed by atoms with Crippen LogP contribution in [0.1, 0.15) is 39.6 Å². The summed E-state index contributed by atoms with van der Waals surface area (Å²) in [7, 11) is 1.96. The Kier molecular flexibility index (Phi) is 6.18. The maximum atomic E-state index is 8.36. The fourth-order valence-corrected chi connectivity index (χ4v) is 4.31. The van der Waals surface area contributed by atoms with Gasteiger partial charge >= 0.3 is 0 Å². The smallest absolute Gasteiger partial charge is 0.290 e. The first kappa shape index (κ1) is 21.5. The van der Waals surface area contributed by atoms with Crippen molar-refractivity contribution >= 4 is 6.47 Å². The van der Waals surface area contributed by atoms with Crippen LogP contribution in [-0.4, -0.2) is 53.0 Å². The highest BCUT2D eigenvalue weighted by Crippen LogP contribution is 2.33. The Hall–Kier alpha value is -3.72. The Labute approximate surface area is 186 Å². The summed E-state index contributed by atoms with van der Waals surface area (Å²) in [6.07, 6.45) is 7.80. The lowest BCUT2D eigenvalue weighted by atomic mass is 9.92. The zero-order valence-electron chi connectivity index (χ0n) is 18.4. The largest absolute Gasteiger partial charge is 0.483 e. The molecule has 0 aliphatic carbocycles. The Bertz CT molecular complexity index is 1210. The molecule has 4 aromatic rings. The molecule has 0 saturated heterocycles. The average molecular weight is 434 g/mol. The molecule has 3 aromatic heterocycles. The molecular formula is C23H27N7O2. The molecule has 1 atom stereocenters. The Morgan fingerprint density at radius 2 is 2.09 bits per heavy atom. The van der Waals surface area contributed by atoms with Crippen LogP contribution in [0.15, 0.2) is 43.1 Å². The first-order valence-corrected chi connectivity index (χ1v) is 10.4. The molecule has 1 aromatic carbocycles. The van der Waals surface area contributed by atoms with E-state index in [-0.39, 0.29) is 12.4 Å². The summed E-state index contributed by atoms with van der Waals surface area (Å²) in [4.78, 5) is 18.8.